The number of hydrazone groups is 1. The van der Waals surface area contributed by atoms with E-state index >= 15 is 0 Å². The Morgan fingerprint density at radius 2 is 1.60 bits per heavy atom. The van der Waals surface area contributed by atoms with Crippen molar-refractivity contribution in [2.24, 2.45) is 5.10 Å². The summed E-state index contributed by atoms with van der Waals surface area (Å²) in [6, 6.07) is 25.7. The van der Waals surface area contributed by atoms with Gasteiger partial charge in [0, 0.05) is 12.1 Å². The van der Waals surface area contributed by atoms with Crippen LogP contribution in [0.2, 0.25) is 0 Å². The molecule has 1 saturated heterocycles. The molecular formula is C29H31N3O2S. The van der Waals surface area contributed by atoms with Gasteiger partial charge in [-0.05, 0) is 46.7 Å². The maximum atomic E-state index is 12.7. The smallest absolute Gasteiger partial charge is 0.271 e. The molecule has 1 aliphatic rings. The van der Waals surface area contributed by atoms with Crippen LogP contribution in [0.5, 0.6) is 0 Å². The summed E-state index contributed by atoms with van der Waals surface area (Å²) in [5.41, 5.74) is 8.35. The fraction of sp³-hybridized carbons (Fsp3) is 0.276. The normalized spacial score (nSPS) is 16.5. The molecule has 1 fully saturated rings. The Bertz CT molecular complexity index is 1210. The number of hydrogen-bond acceptors (Lipinski definition) is 4. The molecule has 0 aromatic heterocycles. The van der Waals surface area contributed by atoms with Gasteiger partial charge in [0.25, 0.3) is 5.91 Å². The molecule has 5 nitrogen and oxygen atoms in total. The topological polar surface area (TPSA) is 61.8 Å². The van der Waals surface area contributed by atoms with Crippen LogP contribution in [-0.4, -0.2) is 28.2 Å². The first kappa shape index (κ1) is 24.7. The third kappa shape index (κ3) is 6.01. The zero-order chi connectivity index (χ0) is 25.0. The molecule has 1 atom stereocenters. The lowest BCUT2D eigenvalue weighted by Crippen LogP contribution is -2.27. The Hall–Kier alpha value is -3.38. The van der Waals surface area contributed by atoms with E-state index in [-0.39, 0.29) is 22.6 Å². The van der Waals surface area contributed by atoms with Crippen molar-refractivity contribution in [3.05, 3.63) is 107 Å². The van der Waals surface area contributed by atoms with Crippen LogP contribution in [-0.2, 0) is 16.8 Å². The second-order valence-electron chi connectivity index (χ2n) is 9.76. The van der Waals surface area contributed by atoms with Crippen molar-refractivity contribution in [3.63, 3.8) is 0 Å². The third-order valence-electron chi connectivity index (χ3n) is 6.12. The van der Waals surface area contributed by atoms with E-state index in [4.69, 9.17) is 0 Å². The van der Waals surface area contributed by atoms with Crippen LogP contribution < -0.4 is 5.43 Å². The van der Waals surface area contributed by atoms with Gasteiger partial charge < -0.3 is 4.90 Å². The number of amides is 2. The highest BCUT2D eigenvalue weighted by Crippen LogP contribution is 2.39. The summed E-state index contributed by atoms with van der Waals surface area (Å²) in [6.07, 6.45) is 0. The molecule has 1 aliphatic heterocycles. The lowest BCUT2D eigenvalue weighted by molar-refractivity contribution is -0.128. The summed E-state index contributed by atoms with van der Waals surface area (Å²) in [4.78, 5) is 27.1. The molecule has 6 heteroatoms. The summed E-state index contributed by atoms with van der Waals surface area (Å²) in [6.45, 7) is 8.99. The quantitative estimate of drug-likeness (QED) is 0.349. The number of carbonyl (C=O) groups excluding carboxylic acids is 2. The van der Waals surface area contributed by atoms with E-state index in [1.165, 1.54) is 5.56 Å². The van der Waals surface area contributed by atoms with Gasteiger partial charge in [0.15, 0.2) is 0 Å². The van der Waals surface area contributed by atoms with Gasteiger partial charge in [0.05, 0.1) is 11.5 Å². The van der Waals surface area contributed by atoms with Crippen molar-refractivity contribution >= 4 is 29.3 Å². The van der Waals surface area contributed by atoms with Crippen molar-refractivity contribution in [1.29, 1.82) is 0 Å². The van der Waals surface area contributed by atoms with E-state index in [1.54, 1.807) is 23.9 Å². The summed E-state index contributed by atoms with van der Waals surface area (Å²) in [5.74, 6) is 0.328. The number of thioether (sulfide) groups is 1. The SMILES string of the molecule is C/C(=N/NC(=O)c1ccc([C@H]2SCC(=O)N2Cc2ccccc2)cc1)c1ccc(C(C)(C)C)cc1. The van der Waals surface area contributed by atoms with Crippen LogP contribution >= 0.6 is 11.8 Å². The van der Waals surface area contributed by atoms with Gasteiger partial charge in [-0.15, -0.1) is 11.8 Å². The molecule has 1 heterocycles. The van der Waals surface area contributed by atoms with Crippen LogP contribution in [0, 0.1) is 0 Å². The first-order valence-electron chi connectivity index (χ1n) is 11.7. The molecule has 3 aromatic carbocycles. The van der Waals surface area contributed by atoms with Gasteiger partial charge in [-0.3, -0.25) is 9.59 Å². The molecule has 0 aliphatic carbocycles. The molecule has 3 aromatic rings. The maximum absolute atomic E-state index is 12.7. The van der Waals surface area contributed by atoms with Gasteiger partial charge in [-0.1, -0.05) is 87.5 Å². The average molecular weight is 486 g/mol. The zero-order valence-electron chi connectivity index (χ0n) is 20.6. The Kier molecular flexibility index (Phi) is 7.41. The van der Waals surface area contributed by atoms with Crippen LogP contribution in [0.25, 0.3) is 0 Å². The molecule has 0 spiro atoms. The second-order valence-corrected chi connectivity index (χ2v) is 10.8. The van der Waals surface area contributed by atoms with Crippen molar-refractivity contribution in [3.8, 4) is 0 Å². The molecule has 4 rings (SSSR count). The van der Waals surface area contributed by atoms with E-state index in [1.807, 2.05) is 66.4 Å². The maximum Gasteiger partial charge on any atom is 0.271 e. The number of benzene rings is 3. The minimum absolute atomic E-state index is 0.0591. The average Bonchev–Trinajstić information content (AvgIpc) is 3.22. The highest BCUT2D eigenvalue weighted by atomic mass is 32.2. The minimum atomic E-state index is -0.265. The summed E-state index contributed by atoms with van der Waals surface area (Å²) in [7, 11) is 0. The summed E-state index contributed by atoms with van der Waals surface area (Å²) >= 11 is 1.61. The van der Waals surface area contributed by atoms with Crippen LogP contribution in [0.3, 0.4) is 0 Å². The lowest BCUT2D eigenvalue weighted by atomic mass is 9.86. The first-order valence-corrected chi connectivity index (χ1v) is 12.8. The fourth-order valence-electron chi connectivity index (χ4n) is 3.96. The fourth-order valence-corrected chi connectivity index (χ4v) is 5.14. The molecule has 2 amide bonds. The zero-order valence-corrected chi connectivity index (χ0v) is 21.4. The third-order valence-corrected chi connectivity index (χ3v) is 7.37. The highest BCUT2D eigenvalue weighted by Gasteiger charge is 2.32. The molecule has 35 heavy (non-hydrogen) atoms. The number of carbonyl (C=O) groups is 2. The Balaban J connectivity index is 1.41. The van der Waals surface area contributed by atoms with E-state index in [9.17, 15) is 9.59 Å². The second kappa shape index (κ2) is 10.5. The molecular weight excluding hydrogens is 454 g/mol. The number of nitrogens with zero attached hydrogens (tertiary/aromatic N) is 2. The Labute approximate surface area is 211 Å². The summed E-state index contributed by atoms with van der Waals surface area (Å²) in [5, 5.41) is 4.23. The molecule has 0 bridgehead atoms. The molecule has 0 radical (unpaired) electrons. The van der Waals surface area contributed by atoms with Crippen molar-refractivity contribution in [2.75, 3.05) is 5.75 Å². The predicted molar refractivity (Wildman–Crippen MR) is 143 cm³/mol. The standard InChI is InChI=1S/C29H31N3O2S/c1-20(22-14-16-25(17-15-22)29(2,3)4)30-31-27(34)23-10-12-24(13-11-23)28-32(26(33)19-35-28)18-21-8-6-5-7-9-21/h5-17,28H,18-19H2,1-4H3,(H,31,34)/b30-20-/t28-/m1/s1. The van der Waals surface area contributed by atoms with Crippen LogP contribution in [0.4, 0.5) is 0 Å². The van der Waals surface area contributed by atoms with E-state index in [0.717, 1.165) is 22.4 Å². The van der Waals surface area contributed by atoms with Crippen molar-refractivity contribution in [1.82, 2.24) is 10.3 Å². The first-order chi connectivity index (χ1) is 16.7. The molecule has 0 saturated carbocycles. The van der Waals surface area contributed by atoms with Crippen LogP contribution in [0.15, 0.2) is 84.0 Å². The van der Waals surface area contributed by atoms with E-state index in [2.05, 4.69) is 43.4 Å². The van der Waals surface area contributed by atoms with Crippen molar-refractivity contribution < 1.29 is 9.59 Å². The van der Waals surface area contributed by atoms with Gasteiger partial charge >= 0.3 is 0 Å². The monoisotopic (exact) mass is 485 g/mol. The Morgan fingerprint density at radius 3 is 2.23 bits per heavy atom. The van der Waals surface area contributed by atoms with Crippen molar-refractivity contribution in [2.45, 2.75) is 45.0 Å². The number of rotatable bonds is 6. The molecule has 180 valence electrons. The number of nitrogens with one attached hydrogen (secondary N) is 1. The lowest BCUT2D eigenvalue weighted by Gasteiger charge is -2.24. The highest BCUT2D eigenvalue weighted by molar-refractivity contribution is 8.00. The molecule has 0 unspecified atom stereocenters. The minimum Gasteiger partial charge on any atom is -0.322 e. The molecule has 1 N–H and O–H groups in total. The van der Waals surface area contributed by atoms with Gasteiger partial charge in [0.2, 0.25) is 5.91 Å². The van der Waals surface area contributed by atoms with E-state index < -0.39 is 0 Å². The Morgan fingerprint density at radius 1 is 0.971 bits per heavy atom. The van der Waals surface area contributed by atoms with Gasteiger partial charge in [0.1, 0.15) is 5.37 Å². The predicted octanol–water partition coefficient (Wildman–Crippen LogP) is 5.91. The van der Waals surface area contributed by atoms with Gasteiger partial charge in [-0.25, -0.2) is 5.43 Å². The van der Waals surface area contributed by atoms with Crippen LogP contribution in [0.1, 0.15) is 65.7 Å². The summed E-state index contributed by atoms with van der Waals surface area (Å²) < 4.78 is 0. The largest absolute Gasteiger partial charge is 0.322 e. The number of hydrogen-bond donors (Lipinski definition) is 1. The van der Waals surface area contributed by atoms with Gasteiger partial charge in [-0.2, -0.15) is 5.10 Å². The van der Waals surface area contributed by atoms with E-state index in [0.29, 0.717) is 17.9 Å².